The lowest BCUT2D eigenvalue weighted by Gasteiger charge is -2.12. The molecular formula is C17H24ClN5. The molecule has 0 radical (unpaired) electrons. The summed E-state index contributed by atoms with van der Waals surface area (Å²) in [5.41, 5.74) is 1.14. The van der Waals surface area contributed by atoms with Crippen molar-refractivity contribution < 1.29 is 0 Å². The maximum atomic E-state index is 5.99. The highest BCUT2D eigenvalue weighted by molar-refractivity contribution is 6.30. The smallest absolute Gasteiger partial charge is 0.191 e. The highest BCUT2D eigenvalue weighted by Gasteiger charge is 2.00. The van der Waals surface area contributed by atoms with Crippen LogP contribution in [-0.2, 0) is 13.1 Å². The third-order valence-electron chi connectivity index (χ3n) is 3.61. The van der Waals surface area contributed by atoms with Gasteiger partial charge in [0.15, 0.2) is 5.96 Å². The first-order valence-electron chi connectivity index (χ1n) is 7.86. The van der Waals surface area contributed by atoms with Gasteiger partial charge in [-0.25, -0.2) is 4.98 Å². The van der Waals surface area contributed by atoms with E-state index in [1.807, 2.05) is 43.6 Å². The lowest BCUT2D eigenvalue weighted by Crippen LogP contribution is -2.37. The van der Waals surface area contributed by atoms with E-state index in [0.717, 1.165) is 48.3 Å². The highest BCUT2D eigenvalue weighted by Crippen LogP contribution is 2.10. The SMILES string of the molecule is CN=C(NCCCCn1ccnc1C)NCc1cccc(Cl)c1. The molecule has 0 aliphatic carbocycles. The van der Waals surface area contributed by atoms with Crippen molar-refractivity contribution >= 4 is 17.6 Å². The number of halogens is 1. The van der Waals surface area contributed by atoms with Gasteiger partial charge in [0.05, 0.1) is 0 Å². The van der Waals surface area contributed by atoms with E-state index >= 15 is 0 Å². The summed E-state index contributed by atoms with van der Waals surface area (Å²) in [6, 6.07) is 7.82. The first kappa shape index (κ1) is 17.3. The van der Waals surface area contributed by atoms with Gasteiger partial charge in [0.25, 0.3) is 0 Å². The summed E-state index contributed by atoms with van der Waals surface area (Å²) in [5, 5.41) is 7.37. The van der Waals surface area contributed by atoms with Gasteiger partial charge >= 0.3 is 0 Å². The van der Waals surface area contributed by atoms with E-state index in [1.165, 1.54) is 0 Å². The summed E-state index contributed by atoms with van der Waals surface area (Å²) in [6.45, 7) is 4.62. The Morgan fingerprint density at radius 3 is 2.87 bits per heavy atom. The minimum Gasteiger partial charge on any atom is -0.356 e. The molecule has 0 spiro atoms. The fraction of sp³-hybridized carbons (Fsp3) is 0.412. The molecule has 0 amide bonds. The summed E-state index contributed by atoms with van der Waals surface area (Å²) in [6.07, 6.45) is 6.05. The number of hydrogen-bond donors (Lipinski definition) is 2. The van der Waals surface area contributed by atoms with Crippen LogP contribution in [0.5, 0.6) is 0 Å². The number of imidazole rings is 1. The molecule has 124 valence electrons. The second-order valence-electron chi connectivity index (χ2n) is 5.36. The fourth-order valence-electron chi connectivity index (χ4n) is 2.31. The van der Waals surface area contributed by atoms with Crippen molar-refractivity contribution in [2.45, 2.75) is 32.9 Å². The van der Waals surface area contributed by atoms with Gasteiger partial charge in [0, 0.05) is 44.1 Å². The molecule has 0 atom stereocenters. The molecule has 0 aliphatic rings. The van der Waals surface area contributed by atoms with Crippen LogP contribution in [0.4, 0.5) is 0 Å². The molecule has 0 saturated carbocycles. The molecule has 0 bridgehead atoms. The zero-order valence-corrected chi connectivity index (χ0v) is 14.5. The molecule has 1 aromatic heterocycles. The third kappa shape index (κ3) is 5.94. The number of rotatable bonds is 7. The van der Waals surface area contributed by atoms with Crippen LogP contribution >= 0.6 is 11.6 Å². The van der Waals surface area contributed by atoms with Crippen LogP contribution in [0.25, 0.3) is 0 Å². The van der Waals surface area contributed by atoms with Crippen molar-refractivity contribution in [3.05, 3.63) is 53.1 Å². The average Bonchev–Trinajstić information content (AvgIpc) is 2.95. The maximum absolute atomic E-state index is 5.99. The van der Waals surface area contributed by atoms with Crippen LogP contribution < -0.4 is 10.6 Å². The van der Waals surface area contributed by atoms with E-state index < -0.39 is 0 Å². The number of unbranched alkanes of at least 4 members (excludes halogenated alkanes) is 1. The highest BCUT2D eigenvalue weighted by atomic mass is 35.5. The molecule has 0 aliphatic heterocycles. The molecule has 1 aromatic carbocycles. The van der Waals surface area contributed by atoms with Crippen LogP contribution in [0.1, 0.15) is 24.2 Å². The van der Waals surface area contributed by atoms with E-state index in [0.29, 0.717) is 6.54 Å². The van der Waals surface area contributed by atoms with Crippen molar-refractivity contribution in [2.75, 3.05) is 13.6 Å². The Kier molecular flexibility index (Phi) is 6.94. The first-order chi connectivity index (χ1) is 11.2. The van der Waals surface area contributed by atoms with Gasteiger partial charge in [-0.05, 0) is 37.5 Å². The van der Waals surface area contributed by atoms with Crippen molar-refractivity contribution in [3.8, 4) is 0 Å². The fourth-order valence-corrected chi connectivity index (χ4v) is 2.52. The van der Waals surface area contributed by atoms with Gasteiger partial charge in [-0.2, -0.15) is 0 Å². The van der Waals surface area contributed by atoms with Crippen LogP contribution in [0.15, 0.2) is 41.7 Å². The normalized spacial score (nSPS) is 11.5. The number of aliphatic imine (C=N–C) groups is 1. The van der Waals surface area contributed by atoms with Crippen LogP contribution in [0.3, 0.4) is 0 Å². The number of benzene rings is 1. The maximum Gasteiger partial charge on any atom is 0.191 e. The summed E-state index contributed by atoms with van der Waals surface area (Å²) >= 11 is 5.99. The van der Waals surface area contributed by atoms with Gasteiger partial charge < -0.3 is 15.2 Å². The van der Waals surface area contributed by atoms with E-state index in [-0.39, 0.29) is 0 Å². The second kappa shape index (κ2) is 9.20. The van der Waals surface area contributed by atoms with Crippen molar-refractivity contribution in [2.24, 2.45) is 4.99 Å². The molecular weight excluding hydrogens is 310 g/mol. The number of nitrogens with one attached hydrogen (secondary N) is 2. The van der Waals surface area contributed by atoms with Crippen LogP contribution in [0, 0.1) is 6.92 Å². The largest absolute Gasteiger partial charge is 0.356 e. The monoisotopic (exact) mass is 333 g/mol. The standard InChI is InChI=1S/C17H24ClN5/c1-14-20-9-11-23(14)10-4-3-8-21-17(19-2)22-13-15-6-5-7-16(18)12-15/h5-7,9,11-12H,3-4,8,10,13H2,1-2H3,(H2,19,21,22). The Labute approximate surface area is 142 Å². The predicted octanol–water partition coefficient (Wildman–Crippen LogP) is 2.99. The van der Waals surface area contributed by atoms with Crippen molar-refractivity contribution in [3.63, 3.8) is 0 Å². The Bertz CT molecular complexity index is 635. The van der Waals surface area contributed by atoms with E-state index in [1.54, 1.807) is 7.05 Å². The third-order valence-corrected chi connectivity index (χ3v) is 3.85. The zero-order chi connectivity index (χ0) is 16.5. The molecule has 5 nitrogen and oxygen atoms in total. The van der Waals surface area contributed by atoms with E-state index in [9.17, 15) is 0 Å². The number of nitrogens with zero attached hydrogens (tertiary/aromatic N) is 3. The lowest BCUT2D eigenvalue weighted by molar-refractivity contribution is 0.588. The molecule has 1 heterocycles. The van der Waals surface area contributed by atoms with Crippen molar-refractivity contribution in [1.82, 2.24) is 20.2 Å². The molecule has 2 N–H and O–H groups in total. The zero-order valence-electron chi connectivity index (χ0n) is 13.7. The van der Waals surface area contributed by atoms with Crippen LogP contribution in [0.2, 0.25) is 5.02 Å². The minimum absolute atomic E-state index is 0.703. The van der Waals surface area contributed by atoms with Gasteiger partial charge in [0.2, 0.25) is 0 Å². The molecule has 0 saturated heterocycles. The topological polar surface area (TPSA) is 54.2 Å². The van der Waals surface area contributed by atoms with E-state index in [4.69, 9.17) is 11.6 Å². The Morgan fingerprint density at radius 1 is 1.30 bits per heavy atom. The predicted molar refractivity (Wildman–Crippen MR) is 95.9 cm³/mol. The van der Waals surface area contributed by atoms with Gasteiger partial charge in [0.1, 0.15) is 5.82 Å². The quantitative estimate of drug-likeness (QED) is 0.465. The average molecular weight is 334 g/mol. The molecule has 0 unspecified atom stereocenters. The summed E-state index contributed by atoms with van der Waals surface area (Å²) in [7, 11) is 1.78. The summed E-state index contributed by atoms with van der Waals surface area (Å²) < 4.78 is 2.17. The van der Waals surface area contributed by atoms with Crippen molar-refractivity contribution in [1.29, 1.82) is 0 Å². The number of guanidine groups is 1. The molecule has 0 fully saturated rings. The number of hydrogen-bond acceptors (Lipinski definition) is 2. The lowest BCUT2D eigenvalue weighted by atomic mass is 10.2. The second-order valence-corrected chi connectivity index (χ2v) is 5.79. The van der Waals surface area contributed by atoms with Crippen LogP contribution in [-0.4, -0.2) is 29.1 Å². The van der Waals surface area contributed by atoms with Gasteiger partial charge in [-0.15, -0.1) is 0 Å². The van der Waals surface area contributed by atoms with E-state index in [2.05, 4.69) is 25.2 Å². The molecule has 23 heavy (non-hydrogen) atoms. The molecule has 2 rings (SSSR count). The number of aromatic nitrogens is 2. The minimum atomic E-state index is 0.703. The Hall–Kier alpha value is -2.01. The molecule has 6 heteroatoms. The van der Waals surface area contributed by atoms with Gasteiger partial charge in [-0.3, -0.25) is 4.99 Å². The number of aryl methyl sites for hydroxylation is 2. The Morgan fingerprint density at radius 2 is 2.17 bits per heavy atom. The summed E-state index contributed by atoms with van der Waals surface area (Å²) in [5.74, 6) is 1.88. The summed E-state index contributed by atoms with van der Waals surface area (Å²) in [4.78, 5) is 8.46. The van der Waals surface area contributed by atoms with Gasteiger partial charge in [-0.1, -0.05) is 23.7 Å². The Balaban J connectivity index is 1.64. The first-order valence-corrected chi connectivity index (χ1v) is 8.23. The molecule has 2 aromatic rings.